The average Bonchev–Trinajstić information content (AvgIpc) is 3.12. The van der Waals surface area contributed by atoms with Crippen molar-refractivity contribution < 1.29 is 0 Å². The summed E-state index contributed by atoms with van der Waals surface area (Å²) in [5.74, 6) is 0.978. The Balaban J connectivity index is 0.00000261. The molecule has 0 aliphatic carbocycles. The van der Waals surface area contributed by atoms with Gasteiger partial charge in [0.15, 0.2) is 5.96 Å². The van der Waals surface area contributed by atoms with Crippen LogP contribution in [-0.2, 0) is 19.5 Å². The van der Waals surface area contributed by atoms with Crippen molar-refractivity contribution in [3.63, 3.8) is 0 Å². The van der Waals surface area contributed by atoms with Crippen LogP contribution in [0.4, 0.5) is 0 Å². The van der Waals surface area contributed by atoms with E-state index in [1.807, 2.05) is 7.05 Å². The molecule has 0 radical (unpaired) electrons. The van der Waals surface area contributed by atoms with E-state index in [0.29, 0.717) is 0 Å². The Morgan fingerprint density at radius 1 is 1.26 bits per heavy atom. The largest absolute Gasteiger partial charge is 0.351 e. The Bertz CT molecular complexity index is 737. The van der Waals surface area contributed by atoms with E-state index in [1.165, 1.54) is 16.1 Å². The minimum absolute atomic E-state index is 0. The zero-order chi connectivity index (χ0) is 18.4. The fourth-order valence-corrected chi connectivity index (χ4v) is 4.03. The van der Waals surface area contributed by atoms with E-state index in [-0.39, 0.29) is 24.0 Å². The summed E-state index contributed by atoms with van der Waals surface area (Å²) in [6.07, 6.45) is 1.00. The molecule has 1 N–H and O–H groups in total. The van der Waals surface area contributed by atoms with Gasteiger partial charge in [0.1, 0.15) is 0 Å². The Kier molecular flexibility index (Phi) is 8.98. The number of benzene rings is 1. The van der Waals surface area contributed by atoms with Crippen LogP contribution in [0.25, 0.3) is 0 Å². The molecule has 3 rings (SSSR count). The number of nitrogens with zero attached hydrogens (tertiary/aromatic N) is 4. The molecule has 0 amide bonds. The number of aryl methyl sites for hydroxylation is 2. The number of rotatable bonds is 5. The zero-order valence-electron chi connectivity index (χ0n) is 16.4. The second-order valence-corrected chi connectivity index (χ2v) is 7.68. The number of nitrogens with one attached hydrogen (secondary N) is 1. The van der Waals surface area contributed by atoms with E-state index in [9.17, 15) is 0 Å². The zero-order valence-corrected chi connectivity index (χ0v) is 19.6. The minimum atomic E-state index is 0. The van der Waals surface area contributed by atoms with Crippen LogP contribution in [0.3, 0.4) is 0 Å². The number of aliphatic imine (C=N–C) groups is 1. The van der Waals surface area contributed by atoms with Crippen molar-refractivity contribution in [1.82, 2.24) is 20.1 Å². The van der Waals surface area contributed by atoms with Crippen LogP contribution in [0.15, 0.2) is 34.6 Å². The van der Waals surface area contributed by atoms with Crippen LogP contribution in [-0.4, -0.2) is 54.0 Å². The smallest absolute Gasteiger partial charge is 0.194 e. The predicted octanol–water partition coefficient (Wildman–Crippen LogP) is 3.53. The summed E-state index contributed by atoms with van der Waals surface area (Å²) in [5.41, 5.74) is 3.83. The second-order valence-electron chi connectivity index (χ2n) is 6.74. The molecule has 0 spiro atoms. The summed E-state index contributed by atoms with van der Waals surface area (Å²) in [6, 6.07) is 8.81. The summed E-state index contributed by atoms with van der Waals surface area (Å²) in [7, 11) is 1.86. The van der Waals surface area contributed by atoms with Crippen LogP contribution in [0.5, 0.6) is 0 Å². The Morgan fingerprint density at radius 3 is 2.67 bits per heavy atom. The first-order valence-electron chi connectivity index (χ1n) is 9.34. The van der Waals surface area contributed by atoms with Crippen LogP contribution < -0.4 is 5.32 Å². The van der Waals surface area contributed by atoms with Gasteiger partial charge in [-0.05, 0) is 18.9 Å². The third kappa shape index (κ3) is 6.43. The standard InChI is InChI=1S/C20H29N5S.HI/c1-4-19-23-18(15-26-19)13-22-20(21-3)25-10-8-24(9-11-25)14-17-7-5-6-16(2)12-17;/h5-7,12,15H,4,8-11,13-14H2,1-3H3,(H,21,22);1H. The highest BCUT2D eigenvalue weighted by Gasteiger charge is 2.19. The van der Waals surface area contributed by atoms with E-state index in [4.69, 9.17) is 0 Å². The first kappa shape index (κ1) is 22.1. The summed E-state index contributed by atoms with van der Waals surface area (Å²) < 4.78 is 0. The van der Waals surface area contributed by atoms with Gasteiger partial charge in [0.2, 0.25) is 0 Å². The molecule has 1 aliphatic rings. The molecule has 0 atom stereocenters. The van der Waals surface area contributed by atoms with Crippen molar-refractivity contribution in [3.05, 3.63) is 51.5 Å². The number of piperazine rings is 1. The van der Waals surface area contributed by atoms with Crippen LogP contribution in [0.2, 0.25) is 0 Å². The fourth-order valence-electron chi connectivity index (χ4n) is 3.28. The third-order valence-corrected chi connectivity index (χ3v) is 5.74. The van der Waals surface area contributed by atoms with Crippen LogP contribution in [0.1, 0.15) is 28.8 Å². The monoisotopic (exact) mass is 499 g/mol. The first-order valence-corrected chi connectivity index (χ1v) is 10.2. The fraction of sp³-hybridized carbons (Fsp3) is 0.500. The highest BCUT2D eigenvalue weighted by Crippen LogP contribution is 2.12. The molecular formula is C20H30IN5S. The Morgan fingerprint density at radius 2 is 2.04 bits per heavy atom. The van der Waals surface area contributed by atoms with Crippen molar-refractivity contribution in [3.8, 4) is 0 Å². The molecule has 1 aliphatic heterocycles. The number of hydrogen-bond acceptors (Lipinski definition) is 4. The third-order valence-electron chi connectivity index (χ3n) is 4.70. The molecule has 0 saturated carbocycles. The van der Waals surface area contributed by atoms with Crippen molar-refractivity contribution in [2.45, 2.75) is 33.4 Å². The summed E-state index contributed by atoms with van der Waals surface area (Å²) >= 11 is 1.74. The van der Waals surface area contributed by atoms with E-state index in [1.54, 1.807) is 11.3 Å². The Labute approximate surface area is 183 Å². The molecule has 0 bridgehead atoms. The van der Waals surface area contributed by atoms with Gasteiger partial charge < -0.3 is 10.2 Å². The van der Waals surface area contributed by atoms with Crippen LogP contribution >= 0.6 is 35.3 Å². The molecule has 1 saturated heterocycles. The van der Waals surface area contributed by atoms with Crippen molar-refractivity contribution in [2.24, 2.45) is 4.99 Å². The molecule has 27 heavy (non-hydrogen) atoms. The minimum Gasteiger partial charge on any atom is -0.351 e. The van der Waals surface area contributed by atoms with Gasteiger partial charge in [-0.15, -0.1) is 35.3 Å². The van der Waals surface area contributed by atoms with E-state index in [2.05, 4.69) is 68.6 Å². The van der Waals surface area contributed by atoms with Crippen molar-refractivity contribution >= 4 is 41.3 Å². The lowest BCUT2D eigenvalue weighted by atomic mass is 10.1. The molecular weight excluding hydrogens is 469 g/mol. The van der Waals surface area contributed by atoms with Gasteiger partial charge in [-0.1, -0.05) is 36.8 Å². The number of guanidine groups is 1. The van der Waals surface area contributed by atoms with Gasteiger partial charge >= 0.3 is 0 Å². The number of aromatic nitrogens is 1. The highest BCUT2D eigenvalue weighted by molar-refractivity contribution is 14.0. The van der Waals surface area contributed by atoms with Crippen LogP contribution in [0, 0.1) is 6.92 Å². The molecule has 5 nitrogen and oxygen atoms in total. The van der Waals surface area contributed by atoms with Crippen molar-refractivity contribution in [1.29, 1.82) is 0 Å². The van der Waals surface area contributed by atoms with Gasteiger partial charge in [-0.25, -0.2) is 4.98 Å². The topological polar surface area (TPSA) is 43.8 Å². The molecule has 1 aromatic carbocycles. The van der Waals surface area contributed by atoms with Gasteiger partial charge in [0.25, 0.3) is 0 Å². The van der Waals surface area contributed by atoms with Gasteiger partial charge in [-0.2, -0.15) is 0 Å². The molecule has 2 aromatic rings. The molecule has 1 fully saturated rings. The lowest BCUT2D eigenvalue weighted by Gasteiger charge is -2.36. The summed E-state index contributed by atoms with van der Waals surface area (Å²) in [5, 5.41) is 6.80. The maximum Gasteiger partial charge on any atom is 0.194 e. The molecule has 2 heterocycles. The maximum atomic E-state index is 4.62. The average molecular weight is 499 g/mol. The number of thiazole rings is 1. The number of halogens is 1. The molecule has 7 heteroatoms. The predicted molar refractivity (Wildman–Crippen MR) is 125 cm³/mol. The molecule has 148 valence electrons. The molecule has 0 unspecified atom stereocenters. The summed E-state index contributed by atoms with van der Waals surface area (Å²) in [4.78, 5) is 14.0. The lowest BCUT2D eigenvalue weighted by molar-refractivity contribution is 0.172. The van der Waals surface area contributed by atoms with Gasteiger partial charge in [-0.3, -0.25) is 9.89 Å². The van der Waals surface area contributed by atoms with E-state index < -0.39 is 0 Å². The quantitative estimate of drug-likeness (QED) is 0.389. The maximum absolute atomic E-state index is 4.62. The normalized spacial score (nSPS) is 15.5. The van der Waals surface area contributed by atoms with Crippen molar-refractivity contribution in [2.75, 3.05) is 33.2 Å². The Hall–Kier alpha value is -1.19. The lowest BCUT2D eigenvalue weighted by Crippen LogP contribution is -2.52. The SMILES string of the molecule is CCc1nc(CNC(=NC)N2CCN(Cc3cccc(C)c3)CC2)cs1.I. The highest BCUT2D eigenvalue weighted by atomic mass is 127. The van der Waals surface area contributed by atoms with Gasteiger partial charge in [0.05, 0.1) is 17.2 Å². The molecule has 1 aromatic heterocycles. The second kappa shape index (κ2) is 11.0. The number of hydrogen-bond donors (Lipinski definition) is 1. The first-order chi connectivity index (χ1) is 12.7. The van der Waals surface area contributed by atoms with E-state index >= 15 is 0 Å². The van der Waals surface area contributed by atoms with Gasteiger partial charge in [0, 0.05) is 45.2 Å². The summed E-state index contributed by atoms with van der Waals surface area (Å²) in [6.45, 7) is 10.2. The van der Waals surface area contributed by atoms with E-state index in [0.717, 1.165) is 57.3 Å².